The third-order valence-corrected chi connectivity index (χ3v) is 3.52. The van der Waals surface area contributed by atoms with Crippen molar-refractivity contribution in [3.63, 3.8) is 0 Å². The normalized spacial score (nSPS) is 11.9. The summed E-state index contributed by atoms with van der Waals surface area (Å²) in [6, 6.07) is 4.40. The molecule has 0 aliphatic rings. The van der Waals surface area contributed by atoms with Crippen LogP contribution in [0, 0.1) is 12.8 Å². The topological polar surface area (TPSA) is 25.2 Å². The summed E-state index contributed by atoms with van der Waals surface area (Å²) in [5.74, 6) is 1.19. The minimum atomic E-state index is 0.518. The van der Waals surface area contributed by atoms with Crippen LogP contribution in [-0.2, 0) is 6.54 Å². The highest BCUT2D eigenvalue weighted by molar-refractivity contribution is 5.87. The zero-order valence-electron chi connectivity index (χ0n) is 12.7. The lowest BCUT2D eigenvalue weighted by Crippen LogP contribution is -2.18. The molecule has 0 aliphatic heterocycles. The van der Waals surface area contributed by atoms with Crippen LogP contribution in [0.3, 0.4) is 0 Å². The monoisotopic (exact) mass is 259 g/mol. The quantitative estimate of drug-likeness (QED) is 0.848. The average molecular weight is 259 g/mol. The van der Waals surface area contributed by atoms with E-state index < -0.39 is 0 Å². The second kappa shape index (κ2) is 5.79. The van der Waals surface area contributed by atoms with Crippen molar-refractivity contribution in [2.45, 2.75) is 47.1 Å². The predicted octanol–water partition coefficient (Wildman–Crippen LogP) is 4.61. The zero-order valence-corrected chi connectivity index (χ0v) is 12.7. The van der Waals surface area contributed by atoms with Gasteiger partial charge in [-0.15, -0.1) is 0 Å². The van der Waals surface area contributed by atoms with Gasteiger partial charge in [-0.1, -0.05) is 39.8 Å². The Kier molecular flexibility index (Phi) is 4.31. The summed E-state index contributed by atoms with van der Waals surface area (Å²) < 4.78 is 5.79. The number of nitrogens with one attached hydrogen (secondary N) is 1. The molecule has 0 saturated carbocycles. The van der Waals surface area contributed by atoms with E-state index in [1.165, 1.54) is 22.1 Å². The first kappa shape index (κ1) is 14.1. The van der Waals surface area contributed by atoms with Gasteiger partial charge in [0, 0.05) is 17.5 Å². The Bertz CT molecular complexity index is 552. The van der Waals surface area contributed by atoms with E-state index in [0.717, 1.165) is 18.7 Å². The van der Waals surface area contributed by atoms with Gasteiger partial charge in [0.15, 0.2) is 0 Å². The molecule has 1 heterocycles. The Labute approximate surface area is 116 Å². The molecule has 0 saturated heterocycles. The van der Waals surface area contributed by atoms with Crippen molar-refractivity contribution in [1.82, 2.24) is 5.32 Å². The maximum Gasteiger partial charge on any atom is 0.137 e. The fraction of sp³-hybridized carbons (Fsp3) is 0.529. The minimum absolute atomic E-state index is 0.518. The summed E-state index contributed by atoms with van der Waals surface area (Å²) in [6.07, 6.45) is 1.91. The van der Waals surface area contributed by atoms with Crippen LogP contribution < -0.4 is 5.32 Å². The smallest absolute Gasteiger partial charge is 0.137 e. The van der Waals surface area contributed by atoms with Crippen LogP contribution in [0.4, 0.5) is 0 Å². The van der Waals surface area contributed by atoms with Crippen molar-refractivity contribution in [2.75, 3.05) is 6.54 Å². The van der Waals surface area contributed by atoms with Crippen LogP contribution >= 0.6 is 0 Å². The standard InChI is InChI=1S/C17H25NO/c1-11(2)8-18-9-14-10-19-17-13(5)6-7-15(12(3)4)16(14)17/h6-7,10-12,18H,8-9H2,1-5H3. The van der Waals surface area contributed by atoms with E-state index in [4.69, 9.17) is 4.42 Å². The van der Waals surface area contributed by atoms with Crippen LogP contribution in [-0.4, -0.2) is 6.54 Å². The zero-order chi connectivity index (χ0) is 14.0. The van der Waals surface area contributed by atoms with Gasteiger partial charge < -0.3 is 9.73 Å². The second-order valence-corrected chi connectivity index (χ2v) is 6.12. The number of hydrogen-bond acceptors (Lipinski definition) is 2. The van der Waals surface area contributed by atoms with Crippen LogP contribution in [0.1, 0.15) is 50.3 Å². The number of hydrogen-bond donors (Lipinski definition) is 1. The van der Waals surface area contributed by atoms with Gasteiger partial charge >= 0.3 is 0 Å². The molecule has 0 aliphatic carbocycles. The highest BCUT2D eigenvalue weighted by atomic mass is 16.3. The molecule has 0 unspecified atom stereocenters. The first-order valence-electron chi connectivity index (χ1n) is 7.21. The van der Waals surface area contributed by atoms with E-state index in [-0.39, 0.29) is 0 Å². The molecular formula is C17H25NO. The van der Waals surface area contributed by atoms with E-state index in [1.807, 2.05) is 6.26 Å². The molecule has 2 heteroatoms. The van der Waals surface area contributed by atoms with Crippen molar-refractivity contribution >= 4 is 11.0 Å². The number of fused-ring (bicyclic) bond motifs is 1. The van der Waals surface area contributed by atoms with Crippen LogP contribution in [0.25, 0.3) is 11.0 Å². The molecule has 1 aromatic heterocycles. The van der Waals surface area contributed by atoms with E-state index >= 15 is 0 Å². The van der Waals surface area contributed by atoms with Crippen LogP contribution in [0.15, 0.2) is 22.8 Å². The molecule has 1 N–H and O–H groups in total. The summed E-state index contributed by atoms with van der Waals surface area (Å²) >= 11 is 0. The van der Waals surface area contributed by atoms with E-state index in [0.29, 0.717) is 11.8 Å². The highest BCUT2D eigenvalue weighted by Crippen LogP contribution is 2.32. The number of benzene rings is 1. The van der Waals surface area contributed by atoms with Gasteiger partial charge in [-0.2, -0.15) is 0 Å². The lowest BCUT2D eigenvalue weighted by Gasteiger charge is -2.11. The van der Waals surface area contributed by atoms with Crippen molar-refractivity contribution in [2.24, 2.45) is 5.92 Å². The minimum Gasteiger partial charge on any atom is -0.464 e. The summed E-state index contributed by atoms with van der Waals surface area (Å²) in [4.78, 5) is 0. The van der Waals surface area contributed by atoms with Gasteiger partial charge in [0.05, 0.1) is 6.26 Å². The molecule has 0 radical (unpaired) electrons. The Hall–Kier alpha value is -1.28. The van der Waals surface area contributed by atoms with Crippen molar-refractivity contribution < 1.29 is 4.42 Å². The third-order valence-electron chi connectivity index (χ3n) is 3.52. The van der Waals surface area contributed by atoms with E-state index in [1.54, 1.807) is 0 Å². The van der Waals surface area contributed by atoms with Crippen molar-refractivity contribution in [1.29, 1.82) is 0 Å². The van der Waals surface area contributed by atoms with Gasteiger partial charge in [-0.3, -0.25) is 0 Å². The predicted molar refractivity (Wildman–Crippen MR) is 81.6 cm³/mol. The molecule has 104 valence electrons. The molecule has 2 aromatic rings. The fourth-order valence-electron chi connectivity index (χ4n) is 2.48. The van der Waals surface area contributed by atoms with Gasteiger partial charge in [-0.25, -0.2) is 0 Å². The molecule has 19 heavy (non-hydrogen) atoms. The fourth-order valence-corrected chi connectivity index (χ4v) is 2.48. The Morgan fingerprint density at radius 1 is 1.16 bits per heavy atom. The lowest BCUT2D eigenvalue weighted by atomic mass is 9.95. The summed E-state index contributed by atoms with van der Waals surface area (Å²) in [7, 11) is 0. The number of aryl methyl sites for hydroxylation is 1. The maximum absolute atomic E-state index is 5.79. The number of rotatable bonds is 5. The largest absolute Gasteiger partial charge is 0.464 e. The molecule has 0 spiro atoms. The summed E-state index contributed by atoms with van der Waals surface area (Å²) in [5, 5.41) is 4.82. The molecule has 2 nitrogen and oxygen atoms in total. The van der Waals surface area contributed by atoms with Crippen molar-refractivity contribution in [3.8, 4) is 0 Å². The highest BCUT2D eigenvalue weighted by Gasteiger charge is 2.14. The molecule has 0 fully saturated rings. The Morgan fingerprint density at radius 3 is 2.53 bits per heavy atom. The Morgan fingerprint density at radius 2 is 1.89 bits per heavy atom. The number of furan rings is 1. The second-order valence-electron chi connectivity index (χ2n) is 6.12. The Balaban J connectivity index is 2.36. The summed E-state index contributed by atoms with van der Waals surface area (Å²) in [6.45, 7) is 13.0. The molecule has 0 amide bonds. The SMILES string of the molecule is Cc1ccc(C(C)C)c2c(CNCC(C)C)coc12. The van der Waals surface area contributed by atoms with E-state index in [2.05, 4.69) is 52.1 Å². The molecule has 2 rings (SSSR count). The molecule has 0 atom stereocenters. The van der Waals surface area contributed by atoms with Gasteiger partial charge in [0.2, 0.25) is 0 Å². The molecule has 0 bridgehead atoms. The van der Waals surface area contributed by atoms with Gasteiger partial charge in [-0.05, 0) is 36.4 Å². The van der Waals surface area contributed by atoms with Gasteiger partial charge in [0.1, 0.15) is 5.58 Å². The van der Waals surface area contributed by atoms with E-state index in [9.17, 15) is 0 Å². The lowest BCUT2D eigenvalue weighted by molar-refractivity contribution is 0.546. The average Bonchev–Trinajstić information content (AvgIpc) is 2.74. The first-order chi connectivity index (χ1) is 9.00. The third kappa shape index (κ3) is 3.01. The molecular weight excluding hydrogens is 234 g/mol. The van der Waals surface area contributed by atoms with Crippen molar-refractivity contribution in [3.05, 3.63) is 35.1 Å². The molecule has 1 aromatic carbocycles. The summed E-state index contributed by atoms with van der Waals surface area (Å²) in [5.41, 5.74) is 4.93. The van der Waals surface area contributed by atoms with Crippen LogP contribution in [0.2, 0.25) is 0 Å². The van der Waals surface area contributed by atoms with Gasteiger partial charge in [0.25, 0.3) is 0 Å². The van der Waals surface area contributed by atoms with Crippen LogP contribution in [0.5, 0.6) is 0 Å². The first-order valence-corrected chi connectivity index (χ1v) is 7.21. The maximum atomic E-state index is 5.79.